The van der Waals surface area contributed by atoms with Crippen LogP contribution in [0.25, 0.3) is 5.78 Å². The van der Waals surface area contributed by atoms with E-state index in [9.17, 15) is 0 Å². The Morgan fingerprint density at radius 1 is 1.26 bits per heavy atom. The minimum atomic E-state index is 0.627. The van der Waals surface area contributed by atoms with Gasteiger partial charge in [-0.3, -0.25) is 0 Å². The molecule has 1 N–H and O–H groups in total. The highest BCUT2D eigenvalue weighted by Gasteiger charge is 2.22. The highest BCUT2D eigenvalue weighted by molar-refractivity contribution is 5.48. The molecule has 1 saturated heterocycles. The molecule has 0 radical (unpaired) electrons. The van der Waals surface area contributed by atoms with Crippen molar-refractivity contribution in [1.82, 2.24) is 19.6 Å². The number of nitrogens with one attached hydrogen (secondary N) is 1. The highest BCUT2D eigenvalue weighted by atomic mass is 15.4. The Balaban J connectivity index is 1.42. The van der Waals surface area contributed by atoms with Crippen molar-refractivity contribution in [3.8, 4) is 0 Å². The van der Waals surface area contributed by atoms with Crippen molar-refractivity contribution >= 4 is 17.3 Å². The molecule has 2 aromatic heterocycles. The summed E-state index contributed by atoms with van der Waals surface area (Å²) in [5, 5.41) is 7.76. The number of fused-ring (bicyclic) bond motifs is 1. The van der Waals surface area contributed by atoms with Gasteiger partial charge in [-0.2, -0.15) is 14.6 Å². The molecule has 3 aromatic rings. The van der Waals surface area contributed by atoms with Crippen LogP contribution in [-0.4, -0.2) is 39.2 Å². The van der Waals surface area contributed by atoms with Gasteiger partial charge in [0.1, 0.15) is 12.1 Å². The summed E-state index contributed by atoms with van der Waals surface area (Å²) in [6.45, 7) is 5.11. The van der Waals surface area contributed by atoms with Gasteiger partial charge < -0.3 is 10.2 Å². The Kier molecular flexibility index (Phi) is 3.57. The van der Waals surface area contributed by atoms with E-state index < -0.39 is 0 Å². The zero-order valence-corrected chi connectivity index (χ0v) is 13.2. The molecule has 1 fully saturated rings. The molecule has 0 bridgehead atoms. The van der Waals surface area contributed by atoms with E-state index in [-0.39, 0.29) is 0 Å². The summed E-state index contributed by atoms with van der Waals surface area (Å²) in [4.78, 5) is 11.0. The summed E-state index contributed by atoms with van der Waals surface area (Å²) in [6.07, 6.45) is 2.74. The molecular weight excluding hydrogens is 288 g/mol. The highest BCUT2D eigenvalue weighted by Crippen LogP contribution is 2.23. The second-order valence-corrected chi connectivity index (χ2v) is 6.07. The third-order valence-electron chi connectivity index (χ3n) is 4.36. The van der Waals surface area contributed by atoms with Crippen LogP contribution in [0.15, 0.2) is 42.7 Å². The summed E-state index contributed by atoms with van der Waals surface area (Å²) in [6, 6.07) is 12.6. The summed E-state index contributed by atoms with van der Waals surface area (Å²) in [5.74, 6) is 2.23. The second kappa shape index (κ2) is 5.87. The predicted molar refractivity (Wildman–Crippen MR) is 90.8 cm³/mol. The molecule has 6 nitrogen and oxygen atoms in total. The molecule has 0 aliphatic carbocycles. The van der Waals surface area contributed by atoms with Crippen LogP contribution < -0.4 is 10.2 Å². The van der Waals surface area contributed by atoms with E-state index in [1.165, 1.54) is 12.1 Å². The van der Waals surface area contributed by atoms with Crippen molar-refractivity contribution in [2.75, 3.05) is 29.9 Å². The van der Waals surface area contributed by atoms with Crippen molar-refractivity contribution in [3.63, 3.8) is 0 Å². The molecule has 1 aliphatic rings. The molecule has 1 atom stereocenters. The normalized spacial score (nSPS) is 17.8. The van der Waals surface area contributed by atoms with E-state index in [0.29, 0.717) is 11.7 Å². The van der Waals surface area contributed by atoms with E-state index in [1.54, 1.807) is 10.8 Å². The zero-order valence-electron chi connectivity index (χ0n) is 13.2. The number of hydrogen-bond donors (Lipinski definition) is 1. The Labute approximate surface area is 135 Å². The van der Waals surface area contributed by atoms with Crippen LogP contribution >= 0.6 is 0 Å². The Morgan fingerprint density at radius 3 is 3.00 bits per heavy atom. The van der Waals surface area contributed by atoms with Gasteiger partial charge in [-0.25, -0.2) is 4.98 Å². The second-order valence-electron chi connectivity index (χ2n) is 6.07. The number of anilines is 2. The maximum absolute atomic E-state index is 4.37. The first-order chi connectivity index (χ1) is 11.3. The zero-order chi connectivity index (χ0) is 15.6. The molecule has 0 spiro atoms. The monoisotopic (exact) mass is 308 g/mol. The fourth-order valence-electron chi connectivity index (χ4n) is 3.18. The average Bonchev–Trinajstić information content (AvgIpc) is 3.22. The molecule has 1 unspecified atom stereocenters. The Hall–Kier alpha value is -2.63. The Morgan fingerprint density at radius 2 is 2.13 bits per heavy atom. The number of hydrogen-bond acceptors (Lipinski definition) is 5. The lowest BCUT2D eigenvalue weighted by Gasteiger charge is -2.19. The van der Waals surface area contributed by atoms with Gasteiger partial charge in [0.05, 0.1) is 0 Å². The van der Waals surface area contributed by atoms with Crippen LogP contribution in [0.4, 0.5) is 11.5 Å². The summed E-state index contributed by atoms with van der Waals surface area (Å²) in [7, 11) is 0. The molecule has 118 valence electrons. The van der Waals surface area contributed by atoms with Crippen molar-refractivity contribution in [3.05, 3.63) is 48.4 Å². The van der Waals surface area contributed by atoms with Crippen LogP contribution in [0.2, 0.25) is 0 Å². The van der Waals surface area contributed by atoms with Crippen LogP contribution in [0.1, 0.15) is 12.1 Å². The molecule has 1 aromatic carbocycles. The van der Waals surface area contributed by atoms with Crippen LogP contribution in [-0.2, 0) is 0 Å². The number of aromatic nitrogens is 4. The third kappa shape index (κ3) is 2.84. The molecule has 0 amide bonds. The topological polar surface area (TPSA) is 58.4 Å². The summed E-state index contributed by atoms with van der Waals surface area (Å²) < 4.78 is 1.76. The van der Waals surface area contributed by atoms with Gasteiger partial charge in [0, 0.05) is 37.1 Å². The molecule has 4 rings (SSSR count). The maximum Gasteiger partial charge on any atom is 0.254 e. The fraction of sp³-hybridized carbons (Fsp3) is 0.353. The number of para-hydroxylation sites is 1. The quantitative estimate of drug-likeness (QED) is 0.802. The molecule has 6 heteroatoms. The lowest BCUT2D eigenvalue weighted by Crippen LogP contribution is -2.23. The lowest BCUT2D eigenvalue weighted by atomic mass is 10.1. The average molecular weight is 308 g/mol. The lowest BCUT2D eigenvalue weighted by molar-refractivity contribution is 0.619. The summed E-state index contributed by atoms with van der Waals surface area (Å²) in [5.41, 5.74) is 2.26. The van der Waals surface area contributed by atoms with Crippen molar-refractivity contribution in [2.45, 2.75) is 13.3 Å². The Bertz CT molecular complexity index is 797. The van der Waals surface area contributed by atoms with Gasteiger partial charge in [0.2, 0.25) is 0 Å². The van der Waals surface area contributed by atoms with Crippen molar-refractivity contribution < 1.29 is 0 Å². The number of aryl methyl sites for hydroxylation is 1. The van der Waals surface area contributed by atoms with Crippen molar-refractivity contribution in [1.29, 1.82) is 0 Å². The maximum atomic E-state index is 4.37. The van der Waals surface area contributed by atoms with E-state index in [0.717, 1.165) is 31.1 Å². The summed E-state index contributed by atoms with van der Waals surface area (Å²) >= 11 is 0. The number of rotatable bonds is 4. The van der Waals surface area contributed by atoms with Gasteiger partial charge in [-0.05, 0) is 31.4 Å². The van der Waals surface area contributed by atoms with E-state index in [4.69, 9.17) is 0 Å². The predicted octanol–water partition coefficient (Wildman–Crippen LogP) is 2.37. The number of nitrogens with zero attached hydrogens (tertiary/aromatic N) is 5. The van der Waals surface area contributed by atoms with E-state index >= 15 is 0 Å². The first-order valence-corrected chi connectivity index (χ1v) is 8.01. The smallest absolute Gasteiger partial charge is 0.254 e. The minimum absolute atomic E-state index is 0.627. The molecular formula is C17H20N6. The standard InChI is InChI=1S/C17H20N6/c1-13-9-16(23-17(21-13)19-12-20-23)18-10-14-7-8-22(11-14)15-5-3-2-4-6-15/h2-6,9,12,14,18H,7-8,10-11H2,1H3. The molecule has 23 heavy (non-hydrogen) atoms. The van der Waals surface area contributed by atoms with Crippen LogP contribution in [0, 0.1) is 12.8 Å². The first kappa shape index (κ1) is 14.0. The molecule has 0 saturated carbocycles. The van der Waals surface area contributed by atoms with Gasteiger partial charge >= 0.3 is 0 Å². The van der Waals surface area contributed by atoms with Gasteiger partial charge in [0.15, 0.2) is 0 Å². The SMILES string of the molecule is Cc1cc(NCC2CCN(c3ccccc3)C2)n2ncnc2n1. The fourth-order valence-corrected chi connectivity index (χ4v) is 3.18. The minimum Gasteiger partial charge on any atom is -0.371 e. The molecule has 1 aliphatic heterocycles. The third-order valence-corrected chi connectivity index (χ3v) is 4.36. The van der Waals surface area contributed by atoms with Gasteiger partial charge in [-0.15, -0.1) is 0 Å². The van der Waals surface area contributed by atoms with Gasteiger partial charge in [-0.1, -0.05) is 18.2 Å². The number of benzene rings is 1. The largest absolute Gasteiger partial charge is 0.371 e. The van der Waals surface area contributed by atoms with Crippen molar-refractivity contribution in [2.24, 2.45) is 5.92 Å². The van der Waals surface area contributed by atoms with E-state index in [1.807, 2.05) is 13.0 Å². The van der Waals surface area contributed by atoms with Crippen LogP contribution in [0.3, 0.4) is 0 Å². The molecule has 3 heterocycles. The van der Waals surface area contributed by atoms with Crippen LogP contribution in [0.5, 0.6) is 0 Å². The first-order valence-electron chi connectivity index (χ1n) is 8.01. The van der Waals surface area contributed by atoms with E-state index in [2.05, 4.69) is 55.6 Å². The van der Waals surface area contributed by atoms with Gasteiger partial charge in [0.25, 0.3) is 5.78 Å².